The second-order valence-corrected chi connectivity index (χ2v) is 4.02. The molecule has 0 bridgehead atoms. The molecule has 0 spiro atoms. The van der Waals surface area contributed by atoms with Crippen LogP contribution in [0.3, 0.4) is 0 Å². The molecule has 0 heterocycles. The molecule has 1 aliphatic carbocycles. The Labute approximate surface area is 84.4 Å². The summed E-state index contributed by atoms with van der Waals surface area (Å²) in [5.74, 6) is 0.743. The number of rotatable bonds is 2. The fourth-order valence-corrected chi connectivity index (χ4v) is 2.09. The lowest BCUT2D eigenvalue weighted by Gasteiger charge is -2.27. The summed E-state index contributed by atoms with van der Waals surface area (Å²) in [4.78, 5) is 13.9. The molecular weight excluding hydrogens is 176 g/mol. The number of ketones is 1. The topological polar surface area (TPSA) is 53.5 Å². The first-order valence-corrected chi connectivity index (χ1v) is 5.08. The molecule has 0 unspecified atom stereocenters. The summed E-state index contributed by atoms with van der Waals surface area (Å²) in [5.41, 5.74) is 9.41. The van der Waals surface area contributed by atoms with Gasteiger partial charge < -0.3 is 5.53 Å². The van der Waals surface area contributed by atoms with Crippen molar-refractivity contribution in [2.75, 3.05) is 0 Å². The van der Waals surface area contributed by atoms with Crippen LogP contribution in [0.25, 0.3) is 5.53 Å². The van der Waals surface area contributed by atoms with E-state index in [9.17, 15) is 4.79 Å². The summed E-state index contributed by atoms with van der Waals surface area (Å²) in [7, 11) is 0. The van der Waals surface area contributed by atoms with E-state index < -0.39 is 0 Å². The van der Waals surface area contributed by atoms with Crippen molar-refractivity contribution >= 4 is 12.0 Å². The molecule has 14 heavy (non-hydrogen) atoms. The molecule has 0 N–H and O–H groups in total. The molecule has 1 aliphatic rings. The lowest BCUT2D eigenvalue weighted by atomic mass is 9.78. The summed E-state index contributed by atoms with van der Waals surface area (Å²) in [6.07, 6.45) is 6.11. The Bertz CT molecular complexity index is 288. The molecule has 0 radical (unpaired) electrons. The molecule has 3 nitrogen and oxygen atoms in total. The van der Waals surface area contributed by atoms with Gasteiger partial charge in [0.25, 0.3) is 5.78 Å². The van der Waals surface area contributed by atoms with Gasteiger partial charge in [-0.1, -0.05) is 25.8 Å². The fourth-order valence-electron chi connectivity index (χ4n) is 2.09. The highest BCUT2D eigenvalue weighted by molar-refractivity contribution is 6.30. The number of carbonyl (C=O) groups is 1. The van der Waals surface area contributed by atoms with Crippen LogP contribution in [0.1, 0.15) is 33.1 Å². The van der Waals surface area contributed by atoms with E-state index in [2.05, 4.69) is 18.6 Å². The number of hydrogen-bond acceptors (Lipinski definition) is 1. The van der Waals surface area contributed by atoms with Crippen molar-refractivity contribution in [2.24, 2.45) is 11.8 Å². The molecule has 2 atom stereocenters. The highest BCUT2D eigenvalue weighted by atomic mass is 16.1. The lowest BCUT2D eigenvalue weighted by molar-refractivity contribution is -0.112. The zero-order chi connectivity index (χ0) is 10.6. The van der Waals surface area contributed by atoms with Gasteiger partial charge in [0.1, 0.15) is 0 Å². The predicted octanol–water partition coefficient (Wildman–Crippen LogP) is 2.24. The Morgan fingerprint density at radius 2 is 2.00 bits per heavy atom. The van der Waals surface area contributed by atoms with Gasteiger partial charge in [-0.15, -0.1) is 0 Å². The van der Waals surface area contributed by atoms with Gasteiger partial charge in [0.15, 0.2) is 0 Å². The van der Waals surface area contributed by atoms with Crippen LogP contribution in [0.5, 0.6) is 0 Å². The van der Waals surface area contributed by atoms with Gasteiger partial charge in [-0.05, 0) is 30.8 Å². The normalized spacial score (nSPS) is 26.6. The van der Waals surface area contributed by atoms with E-state index in [0.29, 0.717) is 11.8 Å². The molecule has 1 rings (SSSR count). The quantitative estimate of drug-likeness (QED) is 0.286. The van der Waals surface area contributed by atoms with E-state index in [1.165, 1.54) is 12.0 Å². The maximum atomic E-state index is 11.2. The first-order valence-electron chi connectivity index (χ1n) is 5.08. The standard InChI is InChI=1S/C11H16N2O/c1-8-4-3-5-9(2)11(8)6-10(14)7-13-12/h6-9H,3-5H2,1-2H3/t8-,9-/m1/s1. The van der Waals surface area contributed by atoms with Gasteiger partial charge in [-0.2, -0.15) is 4.79 Å². The van der Waals surface area contributed by atoms with Crippen LogP contribution in [-0.4, -0.2) is 16.8 Å². The number of nitrogens with zero attached hydrogens (tertiary/aromatic N) is 2. The fraction of sp³-hybridized carbons (Fsp3) is 0.636. The highest BCUT2D eigenvalue weighted by Gasteiger charge is 2.21. The van der Waals surface area contributed by atoms with Crippen LogP contribution >= 0.6 is 0 Å². The summed E-state index contributed by atoms with van der Waals surface area (Å²) < 4.78 is 0. The van der Waals surface area contributed by atoms with Crippen molar-refractivity contribution in [1.29, 1.82) is 0 Å². The van der Waals surface area contributed by atoms with Crippen molar-refractivity contribution in [3.05, 3.63) is 17.2 Å². The van der Waals surface area contributed by atoms with Crippen molar-refractivity contribution in [3.8, 4) is 0 Å². The zero-order valence-electron chi connectivity index (χ0n) is 8.73. The van der Waals surface area contributed by atoms with Crippen LogP contribution in [0.15, 0.2) is 11.6 Å². The Morgan fingerprint density at radius 3 is 2.50 bits per heavy atom. The number of allylic oxidation sites excluding steroid dienone is 2. The van der Waals surface area contributed by atoms with Crippen molar-refractivity contribution < 1.29 is 9.58 Å². The molecular formula is C11H16N2O. The Balaban J connectivity index is 2.81. The van der Waals surface area contributed by atoms with E-state index in [-0.39, 0.29) is 5.78 Å². The van der Waals surface area contributed by atoms with Gasteiger partial charge in [0.05, 0.1) is 0 Å². The molecule has 0 saturated heterocycles. The van der Waals surface area contributed by atoms with Gasteiger partial charge in [-0.25, -0.2) is 0 Å². The second-order valence-electron chi connectivity index (χ2n) is 4.02. The second kappa shape index (κ2) is 4.87. The van der Waals surface area contributed by atoms with Gasteiger partial charge >= 0.3 is 6.21 Å². The molecule has 76 valence electrons. The van der Waals surface area contributed by atoms with Crippen molar-refractivity contribution in [2.45, 2.75) is 33.1 Å². The minimum absolute atomic E-state index is 0.219. The monoisotopic (exact) mass is 192 g/mol. The average molecular weight is 192 g/mol. The van der Waals surface area contributed by atoms with Crippen LogP contribution in [0.2, 0.25) is 0 Å². The largest absolute Gasteiger partial charge is 0.361 e. The van der Waals surface area contributed by atoms with Gasteiger partial charge in [0.2, 0.25) is 0 Å². The molecule has 0 amide bonds. The van der Waals surface area contributed by atoms with Crippen LogP contribution in [-0.2, 0) is 4.79 Å². The predicted molar refractivity (Wildman–Crippen MR) is 55.0 cm³/mol. The third-order valence-corrected chi connectivity index (χ3v) is 2.91. The van der Waals surface area contributed by atoms with Gasteiger partial charge in [-0.3, -0.25) is 4.79 Å². The van der Waals surface area contributed by atoms with Crippen molar-refractivity contribution in [3.63, 3.8) is 0 Å². The van der Waals surface area contributed by atoms with E-state index in [1.54, 1.807) is 6.08 Å². The Hall–Kier alpha value is -1.21. The Kier molecular flexibility index (Phi) is 3.78. The van der Waals surface area contributed by atoms with Crippen LogP contribution < -0.4 is 0 Å². The average Bonchev–Trinajstić information content (AvgIpc) is 2.12. The summed E-state index contributed by atoms with van der Waals surface area (Å²) in [6, 6.07) is 0. The van der Waals surface area contributed by atoms with E-state index in [0.717, 1.165) is 19.1 Å². The smallest absolute Gasteiger partial charge is 0.327 e. The summed E-state index contributed by atoms with van der Waals surface area (Å²) in [5, 5.41) is 0. The molecule has 0 aromatic carbocycles. The number of hydrogen-bond donors (Lipinski definition) is 0. The third-order valence-electron chi connectivity index (χ3n) is 2.91. The molecule has 1 saturated carbocycles. The third kappa shape index (κ3) is 2.64. The number of carbonyl (C=O) groups excluding carboxylic acids is 1. The molecule has 0 aromatic rings. The van der Waals surface area contributed by atoms with Crippen molar-refractivity contribution in [1.82, 2.24) is 0 Å². The molecule has 1 fully saturated rings. The molecule has 0 aliphatic heterocycles. The van der Waals surface area contributed by atoms with E-state index in [1.807, 2.05) is 0 Å². The Morgan fingerprint density at radius 1 is 1.43 bits per heavy atom. The maximum absolute atomic E-state index is 11.2. The highest BCUT2D eigenvalue weighted by Crippen LogP contribution is 2.33. The summed E-state index contributed by atoms with van der Waals surface area (Å²) >= 11 is 0. The zero-order valence-corrected chi connectivity index (χ0v) is 8.73. The molecule has 0 aromatic heterocycles. The minimum atomic E-state index is -0.219. The summed E-state index contributed by atoms with van der Waals surface area (Å²) in [6.45, 7) is 4.29. The first-order chi connectivity index (χ1) is 6.65. The van der Waals surface area contributed by atoms with E-state index >= 15 is 0 Å². The molecule has 3 heteroatoms. The van der Waals surface area contributed by atoms with Crippen LogP contribution in [0, 0.1) is 11.8 Å². The first kappa shape index (κ1) is 10.9. The van der Waals surface area contributed by atoms with Gasteiger partial charge in [0, 0.05) is 0 Å². The van der Waals surface area contributed by atoms with E-state index in [4.69, 9.17) is 5.53 Å². The maximum Gasteiger partial charge on any atom is 0.327 e. The lowest BCUT2D eigenvalue weighted by Crippen LogP contribution is -2.16. The minimum Gasteiger partial charge on any atom is -0.361 e. The van der Waals surface area contributed by atoms with Crippen LogP contribution in [0.4, 0.5) is 0 Å². The SMILES string of the molecule is C[C@@H]1CCC[C@@H](C)C1=CC(=O)C=[N+]=[N-].